The predicted molar refractivity (Wildman–Crippen MR) is 103 cm³/mol. The summed E-state index contributed by atoms with van der Waals surface area (Å²) in [5.41, 5.74) is 6.25. The lowest BCUT2D eigenvalue weighted by atomic mass is 9.97. The Morgan fingerprint density at radius 3 is 2.89 bits per heavy atom. The van der Waals surface area contributed by atoms with Crippen molar-refractivity contribution in [3.63, 3.8) is 0 Å². The third-order valence-corrected chi connectivity index (χ3v) is 5.26. The number of hydrogen-bond donors (Lipinski definition) is 3. The largest absolute Gasteiger partial charge is 0.494 e. The minimum atomic E-state index is -0.831. The van der Waals surface area contributed by atoms with Gasteiger partial charge in [0.15, 0.2) is 0 Å². The zero-order valence-electron chi connectivity index (χ0n) is 15.2. The number of anilines is 1. The maximum Gasteiger partial charge on any atom is 0.303 e. The zero-order chi connectivity index (χ0) is 19.0. The van der Waals surface area contributed by atoms with E-state index in [9.17, 15) is 9.59 Å². The number of aryl methyl sites for hydroxylation is 2. The summed E-state index contributed by atoms with van der Waals surface area (Å²) >= 11 is 0. The number of aliphatic carboxylic acids is 1. The zero-order valence-corrected chi connectivity index (χ0v) is 15.2. The van der Waals surface area contributed by atoms with Gasteiger partial charge in [-0.2, -0.15) is 0 Å². The fourth-order valence-corrected chi connectivity index (χ4v) is 3.94. The van der Waals surface area contributed by atoms with Crippen LogP contribution in [0.2, 0.25) is 0 Å². The van der Waals surface area contributed by atoms with Crippen LogP contribution in [-0.2, 0) is 28.9 Å². The van der Waals surface area contributed by atoms with Crippen molar-refractivity contribution in [2.75, 3.05) is 12.4 Å². The van der Waals surface area contributed by atoms with Gasteiger partial charge < -0.3 is 20.1 Å². The van der Waals surface area contributed by atoms with Crippen molar-refractivity contribution in [2.45, 2.75) is 38.5 Å². The highest BCUT2D eigenvalue weighted by Crippen LogP contribution is 2.38. The molecular weight excluding hydrogens is 344 g/mol. The molecule has 0 spiro atoms. The smallest absolute Gasteiger partial charge is 0.303 e. The van der Waals surface area contributed by atoms with Gasteiger partial charge in [-0.3, -0.25) is 9.59 Å². The van der Waals surface area contributed by atoms with Crippen molar-refractivity contribution >= 4 is 29.2 Å². The van der Waals surface area contributed by atoms with E-state index in [0.717, 1.165) is 53.9 Å². The van der Waals surface area contributed by atoms with Gasteiger partial charge in [0.2, 0.25) is 0 Å². The van der Waals surface area contributed by atoms with Crippen molar-refractivity contribution in [3.8, 4) is 5.75 Å². The Morgan fingerprint density at radius 1 is 1.30 bits per heavy atom. The maximum atomic E-state index is 12.5. The topological polar surface area (TPSA) is 91.4 Å². The van der Waals surface area contributed by atoms with E-state index < -0.39 is 5.97 Å². The Kier molecular flexibility index (Phi) is 4.48. The average Bonchev–Trinajstić information content (AvgIpc) is 3.17. The number of carboxylic acids is 1. The fraction of sp³-hybridized carbons (Fsp3) is 0.333. The fourth-order valence-electron chi connectivity index (χ4n) is 3.94. The van der Waals surface area contributed by atoms with E-state index in [2.05, 4.69) is 10.3 Å². The van der Waals surface area contributed by atoms with Crippen molar-refractivity contribution in [3.05, 3.63) is 46.3 Å². The van der Waals surface area contributed by atoms with Gasteiger partial charge in [-0.15, -0.1) is 0 Å². The number of carboxylic acid groups (broad SMARTS) is 1. The van der Waals surface area contributed by atoms with Crippen LogP contribution in [0.25, 0.3) is 11.6 Å². The molecule has 1 aliphatic carbocycles. The molecule has 0 atom stereocenters. The van der Waals surface area contributed by atoms with Crippen molar-refractivity contribution < 1.29 is 19.4 Å². The lowest BCUT2D eigenvalue weighted by Crippen LogP contribution is -2.03. The highest BCUT2D eigenvalue weighted by Gasteiger charge is 2.27. The van der Waals surface area contributed by atoms with Gasteiger partial charge in [-0.1, -0.05) is 6.07 Å². The number of benzene rings is 1. The molecule has 1 aromatic carbocycles. The van der Waals surface area contributed by atoms with Crippen LogP contribution in [0.4, 0.5) is 5.69 Å². The van der Waals surface area contributed by atoms with Crippen LogP contribution < -0.4 is 10.1 Å². The highest BCUT2D eigenvalue weighted by molar-refractivity contribution is 6.35. The van der Waals surface area contributed by atoms with Crippen LogP contribution in [0.3, 0.4) is 0 Å². The second kappa shape index (κ2) is 6.95. The van der Waals surface area contributed by atoms with Gasteiger partial charge in [-0.05, 0) is 55.9 Å². The number of aromatic nitrogens is 1. The number of amides is 1. The molecule has 27 heavy (non-hydrogen) atoms. The second-order valence-corrected chi connectivity index (χ2v) is 7.02. The molecule has 140 valence electrons. The van der Waals surface area contributed by atoms with Crippen molar-refractivity contribution in [1.82, 2.24) is 4.98 Å². The van der Waals surface area contributed by atoms with Gasteiger partial charge in [-0.25, -0.2) is 0 Å². The Morgan fingerprint density at radius 2 is 2.11 bits per heavy atom. The normalized spacial score (nSPS) is 16.8. The predicted octanol–water partition coefficient (Wildman–Crippen LogP) is 3.41. The molecule has 2 aliphatic rings. The molecular formula is C21H22N2O4. The quantitative estimate of drug-likeness (QED) is 0.707. The van der Waals surface area contributed by atoms with Crippen LogP contribution in [0.15, 0.2) is 18.2 Å². The average molecular weight is 366 g/mol. The molecule has 1 amide bonds. The van der Waals surface area contributed by atoms with Gasteiger partial charge >= 0.3 is 5.97 Å². The van der Waals surface area contributed by atoms with Gasteiger partial charge in [0.25, 0.3) is 5.91 Å². The molecule has 0 saturated carbocycles. The maximum absolute atomic E-state index is 12.5. The summed E-state index contributed by atoms with van der Waals surface area (Å²) < 4.78 is 5.63. The van der Waals surface area contributed by atoms with E-state index in [1.807, 2.05) is 24.3 Å². The van der Waals surface area contributed by atoms with E-state index in [-0.39, 0.29) is 12.3 Å². The first-order chi connectivity index (χ1) is 13.1. The minimum Gasteiger partial charge on any atom is -0.494 e. The third kappa shape index (κ3) is 3.23. The Balaban J connectivity index is 1.73. The van der Waals surface area contributed by atoms with E-state index in [1.54, 1.807) is 7.11 Å². The number of H-pyrrole nitrogens is 1. The molecule has 0 saturated heterocycles. The molecule has 6 heteroatoms. The van der Waals surface area contributed by atoms with Crippen LogP contribution in [0, 0.1) is 0 Å². The SMILES string of the molecule is COc1c(C=C2C(=O)Nc3ccc(CCC(=O)O)cc32)[nH]c2c1CCCC2. The van der Waals surface area contributed by atoms with Gasteiger partial charge in [0, 0.05) is 28.9 Å². The number of aromatic amines is 1. The lowest BCUT2D eigenvalue weighted by Gasteiger charge is -2.11. The number of methoxy groups -OCH3 is 1. The first-order valence-electron chi connectivity index (χ1n) is 9.22. The monoisotopic (exact) mass is 366 g/mol. The number of nitrogens with one attached hydrogen (secondary N) is 2. The summed E-state index contributed by atoms with van der Waals surface area (Å²) in [6, 6.07) is 5.60. The van der Waals surface area contributed by atoms with E-state index >= 15 is 0 Å². The molecule has 0 bridgehead atoms. The molecule has 2 aromatic rings. The van der Waals surface area contributed by atoms with Crippen LogP contribution in [0.1, 0.15) is 47.3 Å². The molecule has 1 aromatic heterocycles. The second-order valence-electron chi connectivity index (χ2n) is 7.02. The number of ether oxygens (including phenoxy) is 1. The summed E-state index contributed by atoms with van der Waals surface area (Å²) in [7, 11) is 1.66. The van der Waals surface area contributed by atoms with E-state index in [4.69, 9.17) is 9.84 Å². The van der Waals surface area contributed by atoms with Crippen LogP contribution >= 0.6 is 0 Å². The molecule has 0 unspecified atom stereocenters. The molecule has 0 fully saturated rings. The number of carbonyl (C=O) groups is 2. The third-order valence-electron chi connectivity index (χ3n) is 5.26. The molecule has 4 rings (SSSR count). The summed E-state index contributed by atoms with van der Waals surface area (Å²) in [5, 5.41) is 11.8. The first kappa shape index (κ1) is 17.4. The molecule has 3 N–H and O–H groups in total. The van der Waals surface area contributed by atoms with Gasteiger partial charge in [0.05, 0.1) is 18.4 Å². The van der Waals surface area contributed by atoms with E-state index in [1.165, 1.54) is 11.3 Å². The van der Waals surface area contributed by atoms with Crippen molar-refractivity contribution in [2.24, 2.45) is 0 Å². The number of carbonyl (C=O) groups excluding carboxylic acids is 1. The Bertz CT molecular complexity index is 955. The Labute approximate surface area is 157 Å². The molecule has 6 nitrogen and oxygen atoms in total. The molecule has 0 radical (unpaired) electrons. The Hall–Kier alpha value is -3.02. The summed E-state index contributed by atoms with van der Waals surface area (Å²) in [6.07, 6.45) is 6.63. The number of hydrogen-bond acceptors (Lipinski definition) is 3. The molecule has 2 heterocycles. The summed E-state index contributed by atoms with van der Waals surface area (Å²) in [5.74, 6) is -0.169. The summed E-state index contributed by atoms with van der Waals surface area (Å²) in [4.78, 5) is 26.8. The van der Waals surface area contributed by atoms with E-state index in [0.29, 0.717) is 12.0 Å². The number of fused-ring (bicyclic) bond motifs is 2. The lowest BCUT2D eigenvalue weighted by molar-refractivity contribution is -0.137. The standard InChI is InChI=1S/C21H22N2O4/c1-27-20-13-4-2-3-5-16(13)22-18(20)11-15-14-10-12(7-9-19(24)25)6-8-17(14)23-21(15)26/h6,8,10-11,22H,2-5,7,9H2,1H3,(H,23,26)(H,24,25). The first-order valence-corrected chi connectivity index (χ1v) is 9.22. The number of rotatable bonds is 5. The van der Waals surface area contributed by atoms with Crippen molar-refractivity contribution in [1.29, 1.82) is 0 Å². The summed E-state index contributed by atoms with van der Waals surface area (Å²) in [6.45, 7) is 0. The minimum absolute atomic E-state index is 0.0659. The van der Waals surface area contributed by atoms with Crippen LogP contribution in [0.5, 0.6) is 5.75 Å². The molecule has 1 aliphatic heterocycles. The highest BCUT2D eigenvalue weighted by atomic mass is 16.5. The van der Waals surface area contributed by atoms with Crippen LogP contribution in [-0.4, -0.2) is 29.1 Å². The van der Waals surface area contributed by atoms with Gasteiger partial charge in [0.1, 0.15) is 5.75 Å².